The molecule has 0 radical (unpaired) electrons. The van der Waals surface area contributed by atoms with Crippen molar-refractivity contribution in [3.63, 3.8) is 0 Å². The van der Waals surface area contributed by atoms with E-state index in [1.807, 2.05) is 0 Å². The lowest BCUT2D eigenvalue weighted by atomic mass is 9.97. The van der Waals surface area contributed by atoms with E-state index in [0.29, 0.717) is 11.3 Å². The highest BCUT2D eigenvalue weighted by atomic mass is 16.2. The highest BCUT2D eigenvalue weighted by Gasteiger charge is 2.44. The molecule has 2 aliphatic heterocycles. The van der Waals surface area contributed by atoms with Gasteiger partial charge in [0.2, 0.25) is 0 Å². The summed E-state index contributed by atoms with van der Waals surface area (Å²) < 4.78 is 1.68. The molecule has 0 unspecified atom stereocenters. The number of hydrogen-bond donors (Lipinski definition) is 1. The Morgan fingerprint density at radius 3 is 2.56 bits per heavy atom. The van der Waals surface area contributed by atoms with Crippen molar-refractivity contribution in [3.05, 3.63) is 33.7 Å². The average molecular weight is 247 g/mol. The maximum absolute atomic E-state index is 12.3. The van der Waals surface area contributed by atoms with Crippen LogP contribution in [0, 0.1) is 6.92 Å². The van der Waals surface area contributed by atoms with Gasteiger partial charge >= 0.3 is 0 Å². The Hall–Kier alpha value is -1.62. The van der Waals surface area contributed by atoms with E-state index in [2.05, 4.69) is 17.3 Å². The lowest BCUT2D eigenvalue weighted by Gasteiger charge is -2.38. The van der Waals surface area contributed by atoms with Crippen molar-refractivity contribution < 1.29 is 4.79 Å². The zero-order valence-electron chi connectivity index (χ0n) is 10.7. The molecule has 0 bridgehead atoms. The minimum atomic E-state index is -0.498. The molecule has 1 spiro atoms. The number of fused-ring (bicyclic) bond motifs is 2. The summed E-state index contributed by atoms with van der Waals surface area (Å²) in [5, 5.41) is 3.02. The Morgan fingerprint density at radius 2 is 1.89 bits per heavy atom. The first-order valence-electron chi connectivity index (χ1n) is 6.28. The van der Waals surface area contributed by atoms with Crippen LogP contribution in [0.25, 0.3) is 0 Å². The van der Waals surface area contributed by atoms with Crippen LogP contribution in [0.3, 0.4) is 0 Å². The van der Waals surface area contributed by atoms with Crippen LogP contribution >= 0.6 is 0 Å². The van der Waals surface area contributed by atoms with E-state index < -0.39 is 5.66 Å². The van der Waals surface area contributed by atoms with Gasteiger partial charge in [0.15, 0.2) is 0 Å². The van der Waals surface area contributed by atoms with Crippen molar-refractivity contribution in [2.24, 2.45) is 0 Å². The van der Waals surface area contributed by atoms with E-state index in [9.17, 15) is 9.59 Å². The van der Waals surface area contributed by atoms with Crippen LogP contribution in [0.15, 0.2) is 16.9 Å². The lowest BCUT2D eigenvalue weighted by Crippen LogP contribution is -2.54. The van der Waals surface area contributed by atoms with Crippen LogP contribution in [0.2, 0.25) is 0 Å². The van der Waals surface area contributed by atoms with Gasteiger partial charge in [0.25, 0.3) is 11.5 Å². The first-order chi connectivity index (χ1) is 8.53. The van der Waals surface area contributed by atoms with Gasteiger partial charge in [0, 0.05) is 31.5 Å². The van der Waals surface area contributed by atoms with Gasteiger partial charge in [-0.3, -0.25) is 14.2 Å². The molecule has 1 amide bonds. The molecule has 1 saturated heterocycles. The Morgan fingerprint density at radius 1 is 1.22 bits per heavy atom. The standard InChI is InChI=1S/C13H17N3O2/c1-9-3-4-10-11(17)14-13(16(10)12(9)18)5-7-15(2)8-6-13/h3-4H,5-8H2,1-2H3,(H,14,17). The molecule has 1 N–H and O–H groups in total. The van der Waals surface area contributed by atoms with E-state index in [4.69, 9.17) is 0 Å². The molecule has 1 aromatic heterocycles. The van der Waals surface area contributed by atoms with Crippen molar-refractivity contribution in [2.75, 3.05) is 20.1 Å². The van der Waals surface area contributed by atoms with Crippen molar-refractivity contribution in [1.82, 2.24) is 14.8 Å². The Labute approximate surface area is 105 Å². The summed E-state index contributed by atoms with van der Waals surface area (Å²) in [5.41, 5.74) is 0.640. The number of nitrogens with one attached hydrogen (secondary N) is 1. The summed E-state index contributed by atoms with van der Waals surface area (Å²) in [7, 11) is 2.06. The molecule has 1 fully saturated rings. The molecule has 0 aromatic carbocycles. The van der Waals surface area contributed by atoms with Crippen molar-refractivity contribution in [2.45, 2.75) is 25.4 Å². The molecular formula is C13H17N3O2. The minimum Gasteiger partial charge on any atom is -0.327 e. The fourth-order valence-corrected chi connectivity index (χ4v) is 2.91. The topological polar surface area (TPSA) is 54.3 Å². The molecule has 5 heteroatoms. The molecule has 0 aliphatic carbocycles. The summed E-state index contributed by atoms with van der Waals surface area (Å²) in [6.45, 7) is 3.57. The average Bonchev–Trinajstić information content (AvgIpc) is 2.62. The first-order valence-corrected chi connectivity index (χ1v) is 6.28. The highest BCUT2D eigenvalue weighted by molar-refractivity contribution is 5.95. The Balaban J connectivity index is 2.16. The van der Waals surface area contributed by atoms with E-state index in [0.717, 1.165) is 25.9 Å². The maximum atomic E-state index is 12.3. The van der Waals surface area contributed by atoms with Crippen molar-refractivity contribution in [3.8, 4) is 0 Å². The normalized spacial score (nSPS) is 22.0. The second-order valence-electron chi connectivity index (χ2n) is 5.33. The summed E-state index contributed by atoms with van der Waals surface area (Å²) in [4.78, 5) is 26.5. The molecule has 3 heterocycles. The number of likely N-dealkylation sites (tertiary alicyclic amines) is 1. The smallest absolute Gasteiger partial charge is 0.269 e. The summed E-state index contributed by atoms with van der Waals surface area (Å²) in [6.07, 6.45) is 1.57. The molecule has 1 aromatic rings. The fraction of sp³-hybridized carbons (Fsp3) is 0.538. The number of nitrogens with zero attached hydrogens (tertiary/aromatic N) is 2. The van der Waals surface area contributed by atoms with E-state index in [-0.39, 0.29) is 11.5 Å². The van der Waals surface area contributed by atoms with Crippen LogP contribution in [0.1, 0.15) is 28.9 Å². The predicted octanol–water partition coefficient (Wildman–Crippen LogP) is 0.279. The number of piperidine rings is 1. The molecule has 3 rings (SSSR count). The summed E-state index contributed by atoms with van der Waals surface area (Å²) in [6, 6.07) is 3.47. The molecule has 0 saturated carbocycles. The number of pyridine rings is 1. The van der Waals surface area contributed by atoms with Gasteiger partial charge in [-0.25, -0.2) is 0 Å². The number of hydrogen-bond acceptors (Lipinski definition) is 3. The van der Waals surface area contributed by atoms with Gasteiger partial charge in [-0.15, -0.1) is 0 Å². The monoisotopic (exact) mass is 247 g/mol. The van der Waals surface area contributed by atoms with Gasteiger partial charge in [-0.2, -0.15) is 0 Å². The third-order valence-corrected chi connectivity index (χ3v) is 4.09. The number of amides is 1. The number of carbonyl (C=O) groups is 1. The summed E-state index contributed by atoms with van der Waals surface area (Å²) >= 11 is 0. The van der Waals surface area contributed by atoms with Gasteiger partial charge < -0.3 is 10.2 Å². The SMILES string of the molecule is Cc1ccc2n(c1=O)C1(CCN(C)CC1)NC2=O. The highest BCUT2D eigenvalue weighted by Crippen LogP contribution is 2.31. The number of aromatic nitrogens is 1. The fourth-order valence-electron chi connectivity index (χ4n) is 2.91. The second kappa shape index (κ2) is 3.68. The molecular weight excluding hydrogens is 230 g/mol. The maximum Gasteiger partial charge on any atom is 0.269 e. The molecule has 18 heavy (non-hydrogen) atoms. The first kappa shape index (κ1) is 11.5. The zero-order chi connectivity index (χ0) is 12.9. The van der Waals surface area contributed by atoms with Crippen molar-refractivity contribution >= 4 is 5.91 Å². The largest absolute Gasteiger partial charge is 0.327 e. The van der Waals surface area contributed by atoms with E-state index >= 15 is 0 Å². The molecule has 0 atom stereocenters. The van der Waals surface area contributed by atoms with Crippen LogP contribution in [-0.2, 0) is 5.66 Å². The quantitative estimate of drug-likeness (QED) is 0.716. The Kier molecular flexibility index (Phi) is 2.35. The molecule has 2 aliphatic rings. The molecule has 5 nitrogen and oxygen atoms in total. The van der Waals surface area contributed by atoms with Crippen LogP contribution in [0.4, 0.5) is 0 Å². The van der Waals surface area contributed by atoms with Gasteiger partial charge in [0.05, 0.1) is 0 Å². The minimum absolute atomic E-state index is 0.0459. The van der Waals surface area contributed by atoms with Crippen LogP contribution in [0.5, 0.6) is 0 Å². The van der Waals surface area contributed by atoms with Crippen LogP contribution < -0.4 is 10.9 Å². The Bertz CT molecular complexity index is 568. The third kappa shape index (κ3) is 1.43. The van der Waals surface area contributed by atoms with Gasteiger partial charge in [-0.05, 0) is 20.0 Å². The van der Waals surface area contributed by atoms with Gasteiger partial charge in [0.1, 0.15) is 11.4 Å². The number of aryl methyl sites for hydroxylation is 1. The number of rotatable bonds is 0. The van der Waals surface area contributed by atoms with E-state index in [1.54, 1.807) is 23.6 Å². The van der Waals surface area contributed by atoms with Crippen molar-refractivity contribution in [1.29, 1.82) is 0 Å². The summed E-state index contributed by atoms with van der Waals surface area (Å²) in [5.74, 6) is -0.128. The second-order valence-corrected chi connectivity index (χ2v) is 5.33. The zero-order valence-corrected chi connectivity index (χ0v) is 10.7. The lowest BCUT2D eigenvalue weighted by molar-refractivity contribution is 0.0798. The van der Waals surface area contributed by atoms with Crippen LogP contribution in [-0.4, -0.2) is 35.5 Å². The third-order valence-electron chi connectivity index (χ3n) is 4.09. The number of carbonyl (C=O) groups excluding carboxylic acids is 1. The molecule has 96 valence electrons. The predicted molar refractivity (Wildman–Crippen MR) is 67.6 cm³/mol. The van der Waals surface area contributed by atoms with Gasteiger partial charge in [-0.1, -0.05) is 6.07 Å². The van der Waals surface area contributed by atoms with E-state index in [1.165, 1.54) is 0 Å².